The van der Waals surface area contributed by atoms with E-state index in [1.807, 2.05) is 17.4 Å². The van der Waals surface area contributed by atoms with Gasteiger partial charge in [0.2, 0.25) is 0 Å². The number of nitrogens with zero attached hydrogens (tertiary/aromatic N) is 2. The molecule has 4 heteroatoms. The van der Waals surface area contributed by atoms with E-state index in [1.54, 1.807) is 0 Å². The summed E-state index contributed by atoms with van der Waals surface area (Å²) in [5.74, 6) is 0. The second-order valence-electron chi connectivity index (χ2n) is 17.1. The van der Waals surface area contributed by atoms with Crippen LogP contribution in [-0.2, 0) is 0 Å². The number of rotatable bonds is 6. The van der Waals surface area contributed by atoms with Gasteiger partial charge in [-0.25, -0.2) is 0 Å². The molecule has 308 valence electrons. The lowest BCUT2D eigenvalue weighted by molar-refractivity contribution is 0.670. The number of aromatic nitrogens is 1. The van der Waals surface area contributed by atoms with Gasteiger partial charge in [0.1, 0.15) is 11.2 Å². The zero-order chi connectivity index (χ0) is 43.3. The molecule has 0 unspecified atom stereocenters. The summed E-state index contributed by atoms with van der Waals surface area (Å²) in [5, 5.41) is 12.0. The number of furan rings is 1. The van der Waals surface area contributed by atoms with E-state index in [9.17, 15) is 0 Å². The molecule has 0 saturated carbocycles. The van der Waals surface area contributed by atoms with Crippen molar-refractivity contribution in [1.82, 2.24) is 4.57 Å². The average molecular weight is 859 g/mol. The Labute approximate surface area is 384 Å². The van der Waals surface area contributed by atoms with Crippen LogP contribution in [0.1, 0.15) is 0 Å². The summed E-state index contributed by atoms with van der Waals surface area (Å²) in [6, 6.07) is 84.0. The molecule has 3 nitrogen and oxygen atoms in total. The van der Waals surface area contributed by atoms with E-state index in [1.165, 1.54) is 74.6 Å². The lowest BCUT2D eigenvalue weighted by Crippen LogP contribution is -2.12. The van der Waals surface area contributed by atoms with E-state index in [-0.39, 0.29) is 0 Å². The van der Waals surface area contributed by atoms with Crippen LogP contribution >= 0.6 is 11.3 Å². The highest BCUT2D eigenvalue weighted by Crippen LogP contribution is 2.53. The predicted octanol–water partition coefficient (Wildman–Crippen LogP) is 18.2. The fraction of sp³-hybridized carbons (Fsp3) is 0. The first-order chi connectivity index (χ1) is 32.8. The maximum Gasteiger partial charge on any atom is 0.143 e. The number of thiophene rings is 1. The van der Waals surface area contributed by atoms with Gasteiger partial charge in [-0.3, -0.25) is 0 Å². The summed E-state index contributed by atoms with van der Waals surface area (Å²) in [5.41, 5.74) is 13.2. The molecule has 0 aliphatic rings. The van der Waals surface area contributed by atoms with Crippen LogP contribution in [0.15, 0.2) is 235 Å². The molecule has 66 heavy (non-hydrogen) atoms. The first kappa shape index (κ1) is 37.0. The molecule has 3 aromatic heterocycles. The highest BCUT2D eigenvalue weighted by molar-refractivity contribution is 7.26. The van der Waals surface area contributed by atoms with Crippen molar-refractivity contribution in [3.63, 3.8) is 0 Å². The van der Waals surface area contributed by atoms with Crippen LogP contribution in [0.4, 0.5) is 17.1 Å². The van der Waals surface area contributed by atoms with Gasteiger partial charge in [-0.05, 0) is 64.7 Å². The van der Waals surface area contributed by atoms with Gasteiger partial charge in [0.25, 0.3) is 0 Å². The van der Waals surface area contributed by atoms with E-state index < -0.39 is 0 Å². The topological polar surface area (TPSA) is 21.3 Å². The number of benzene rings is 11. The summed E-state index contributed by atoms with van der Waals surface area (Å²) in [4.78, 5) is 2.53. The standard InChI is InChI=1S/C62H38N2OS/c1-2-18-40-39(17-1)35-36-46-41(40)25-16-32-56(46)64(54-30-11-5-21-44(54)48-26-15-27-49-47-23-7-13-33-58(47)65-61(48)49)57-38-37-50(62-60(57)51-24-8-14-34-59(51)66-62)45-22-6-12-31-55(45)63-52-28-9-3-19-42(52)43-20-4-10-29-53(43)63/h1-38H. The second-order valence-corrected chi connectivity index (χ2v) is 18.2. The Morgan fingerprint density at radius 3 is 1.80 bits per heavy atom. The molecule has 0 aliphatic carbocycles. The molecule has 0 radical (unpaired) electrons. The van der Waals surface area contributed by atoms with Crippen molar-refractivity contribution < 1.29 is 4.42 Å². The largest absolute Gasteiger partial charge is 0.455 e. The van der Waals surface area contributed by atoms with Crippen LogP contribution in [0.5, 0.6) is 0 Å². The van der Waals surface area contributed by atoms with Gasteiger partial charge in [-0.15, -0.1) is 11.3 Å². The van der Waals surface area contributed by atoms with Crippen molar-refractivity contribution in [3.05, 3.63) is 231 Å². The molecule has 0 atom stereocenters. The second kappa shape index (κ2) is 14.5. The number of anilines is 3. The highest BCUT2D eigenvalue weighted by atomic mass is 32.1. The summed E-state index contributed by atoms with van der Waals surface area (Å²) in [6.07, 6.45) is 0. The molecule has 0 saturated heterocycles. The van der Waals surface area contributed by atoms with E-state index in [2.05, 4.69) is 234 Å². The third kappa shape index (κ3) is 5.43. The maximum atomic E-state index is 6.76. The highest BCUT2D eigenvalue weighted by Gasteiger charge is 2.27. The Hall–Kier alpha value is -8.44. The Morgan fingerprint density at radius 2 is 0.955 bits per heavy atom. The molecule has 0 fully saturated rings. The monoisotopic (exact) mass is 858 g/mol. The fourth-order valence-electron chi connectivity index (χ4n) is 10.8. The molecule has 3 heterocycles. The van der Waals surface area contributed by atoms with E-state index in [0.29, 0.717) is 0 Å². The van der Waals surface area contributed by atoms with Gasteiger partial charge in [-0.1, -0.05) is 182 Å². The van der Waals surface area contributed by atoms with E-state index >= 15 is 0 Å². The minimum absolute atomic E-state index is 0.887. The zero-order valence-electron chi connectivity index (χ0n) is 35.7. The van der Waals surface area contributed by atoms with Crippen LogP contribution in [0.2, 0.25) is 0 Å². The zero-order valence-corrected chi connectivity index (χ0v) is 36.5. The quantitative estimate of drug-likeness (QED) is 0.155. The minimum Gasteiger partial charge on any atom is -0.455 e. The van der Waals surface area contributed by atoms with Gasteiger partial charge in [0.05, 0.1) is 33.8 Å². The number of para-hydroxylation sites is 6. The first-order valence-corrected chi connectivity index (χ1v) is 23.3. The van der Waals surface area contributed by atoms with Crippen LogP contribution in [0.25, 0.3) is 113 Å². The summed E-state index contributed by atoms with van der Waals surface area (Å²) in [6.45, 7) is 0. The van der Waals surface area contributed by atoms with Crippen LogP contribution in [-0.4, -0.2) is 4.57 Å². The molecule has 0 bridgehead atoms. The van der Waals surface area contributed by atoms with Gasteiger partial charge in [0, 0.05) is 69.4 Å². The third-order valence-electron chi connectivity index (χ3n) is 13.6. The molecular formula is C62H38N2OS. The van der Waals surface area contributed by atoms with Gasteiger partial charge >= 0.3 is 0 Å². The molecule has 0 amide bonds. The first-order valence-electron chi connectivity index (χ1n) is 22.5. The third-order valence-corrected chi connectivity index (χ3v) is 14.8. The van der Waals surface area contributed by atoms with Crippen molar-refractivity contribution >= 4 is 114 Å². The van der Waals surface area contributed by atoms with Crippen molar-refractivity contribution in [2.45, 2.75) is 0 Å². The normalized spacial score (nSPS) is 11.9. The van der Waals surface area contributed by atoms with Crippen LogP contribution < -0.4 is 4.90 Å². The SMILES string of the molecule is c1ccc(N(c2cccc3c2ccc2ccccc23)c2ccc(-c3ccccc3-n3c4ccccc4c4ccccc43)c3sc4ccccc4c23)c(-c2cccc3c2oc2ccccc23)c1. The number of hydrogen-bond donors (Lipinski definition) is 0. The number of fused-ring (bicyclic) bond motifs is 12. The molecule has 0 N–H and O–H groups in total. The van der Waals surface area contributed by atoms with Gasteiger partial charge < -0.3 is 13.9 Å². The Kier molecular flexibility index (Phi) is 8.15. The molecule has 0 aliphatic heterocycles. The minimum atomic E-state index is 0.887. The molecule has 11 aromatic carbocycles. The lowest BCUT2D eigenvalue weighted by Gasteiger charge is -2.30. The Bertz CT molecular complexity index is 4210. The molecule has 14 aromatic rings. The predicted molar refractivity (Wildman–Crippen MR) is 282 cm³/mol. The van der Waals surface area contributed by atoms with Crippen molar-refractivity contribution in [1.29, 1.82) is 0 Å². The van der Waals surface area contributed by atoms with Crippen LogP contribution in [0.3, 0.4) is 0 Å². The van der Waals surface area contributed by atoms with E-state index in [0.717, 1.165) is 55.8 Å². The molecule has 0 spiro atoms. The average Bonchev–Trinajstić information content (AvgIpc) is 4.07. The lowest BCUT2D eigenvalue weighted by atomic mass is 9.95. The van der Waals surface area contributed by atoms with Gasteiger partial charge in [-0.2, -0.15) is 0 Å². The Morgan fingerprint density at radius 1 is 0.348 bits per heavy atom. The van der Waals surface area contributed by atoms with Crippen molar-refractivity contribution in [2.24, 2.45) is 0 Å². The summed E-state index contributed by atoms with van der Waals surface area (Å²) < 4.78 is 11.7. The molecule has 14 rings (SSSR count). The van der Waals surface area contributed by atoms with Gasteiger partial charge in [0.15, 0.2) is 0 Å². The molecular weight excluding hydrogens is 821 g/mol. The fourth-order valence-corrected chi connectivity index (χ4v) is 12.0. The van der Waals surface area contributed by atoms with Crippen molar-refractivity contribution in [2.75, 3.05) is 4.90 Å². The smallest absolute Gasteiger partial charge is 0.143 e. The summed E-state index contributed by atoms with van der Waals surface area (Å²) in [7, 11) is 0. The maximum absolute atomic E-state index is 6.76. The van der Waals surface area contributed by atoms with Crippen molar-refractivity contribution in [3.8, 4) is 27.9 Å². The number of hydrogen-bond acceptors (Lipinski definition) is 3. The Balaban J connectivity index is 1.08. The van der Waals surface area contributed by atoms with Crippen LogP contribution in [0, 0.1) is 0 Å². The summed E-state index contributed by atoms with van der Waals surface area (Å²) >= 11 is 1.88. The van der Waals surface area contributed by atoms with E-state index in [4.69, 9.17) is 4.42 Å².